The van der Waals surface area contributed by atoms with E-state index >= 15 is 0 Å². The molecular weight excluding hydrogens is 637 g/mol. The fourth-order valence-electron chi connectivity index (χ4n) is 4.35. The molecule has 0 unspecified atom stereocenters. The molecule has 3 heterocycles. The zero-order valence-corrected chi connectivity index (χ0v) is 28.0. The third-order valence-corrected chi connectivity index (χ3v) is 6.70. The number of aliphatic carboxylic acids is 1. The van der Waals surface area contributed by atoms with E-state index in [1.807, 2.05) is 18.7 Å². The van der Waals surface area contributed by atoms with Crippen LogP contribution < -0.4 is 21.3 Å². The van der Waals surface area contributed by atoms with Gasteiger partial charge in [-0.05, 0) is 57.6 Å². The molecule has 0 saturated heterocycles. The minimum atomic E-state index is -5.08. The summed E-state index contributed by atoms with van der Waals surface area (Å²) in [5.74, 6) is -3.48. The molecule has 3 aromatic rings. The van der Waals surface area contributed by atoms with Crippen molar-refractivity contribution in [2.45, 2.75) is 46.3 Å². The van der Waals surface area contributed by atoms with Crippen molar-refractivity contribution in [2.24, 2.45) is 20.0 Å². The lowest BCUT2D eigenvalue weighted by Crippen LogP contribution is -2.28. The Balaban J connectivity index is 0.00000103. The Kier molecular flexibility index (Phi) is 14.0. The molecule has 4 amide bonds. The van der Waals surface area contributed by atoms with Gasteiger partial charge in [-0.25, -0.2) is 4.79 Å². The van der Waals surface area contributed by atoms with Crippen molar-refractivity contribution in [3.05, 3.63) is 53.9 Å². The highest BCUT2D eigenvalue weighted by Gasteiger charge is 2.38. The van der Waals surface area contributed by atoms with Crippen LogP contribution in [-0.2, 0) is 30.2 Å². The van der Waals surface area contributed by atoms with Crippen LogP contribution in [-0.4, -0.2) is 86.7 Å². The number of hydrogen-bond donors (Lipinski definition) is 5. The summed E-state index contributed by atoms with van der Waals surface area (Å²) in [6.07, 6.45) is 1.71. The van der Waals surface area contributed by atoms with Crippen LogP contribution in [0.5, 0.6) is 0 Å². The number of amides is 4. The highest BCUT2D eigenvalue weighted by molar-refractivity contribution is 6.07. The molecular formula is C31H43F3N8O6. The van der Waals surface area contributed by atoms with Gasteiger partial charge in [-0.15, -0.1) is 0 Å². The maximum atomic E-state index is 13.2. The summed E-state index contributed by atoms with van der Waals surface area (Å²) in [6, 6.07) is 4.85. The number of nitrogens with zero attached hydrogens (tertiary/aromatic N) is 4. The fourth-order valence-corrected chi connectivity index (χ4v) is 4.35. The first-order chi connectivity index (χ1) is 22.3. The lowest BCUT2D eigenvalue weighted by atomic mass is 10.1. The number of carboxylic acid groups (broad SMARTS) is 1. The van der Waals surface area contributed by atoms with Gasteiger partial charge < -0.3 is 45.0 Å². The number of anilines is 3. The van der Waals surface area contributed by atoms with E-state index in [2.05, 4.69) is 40.0 Å². The quantitative estimate of drug-likeness (QED) is 0.170. The summed E-state index contributed by atoms with van der Waals surface area (Å²) in [7, 11) is 7.40. The number of aromatic nitrogens is 3. The van der Waals surface area contributed by atoms with E-state index in [4.69, 9.17) is 9.90 Å². The minimum Gasteiger partial charge on any atom is -0.475 e. The largest absolute Gasteiger partial charge is 0.490 e. The summed E-state index contributed by atoms with van der Waals surface area (Å²) in [4.78, 5) is 61.3. The highest BCUT2D eigenvalue weighted by atomic mass is 19.4. The number of carbonyl (C=O) groups excluding carboxylic acids is 4. The van der Waals surface area contributed by atoms with Crippen molar-refractivity contribution in [1.29, 1.82) is 0 Å². The first-order valence-electron chi connectivity index (χ1n) is 14.9. The van der Waals surface area contributed by atoms with Crippen molar-refractivity contribution in [2.75, 3.05) is 43.1 Å². The van der Waals surface area contributed by atoms with Gasteiger partial charge in [0, 0.05) is 52.7 Å². The van der Waals surface area contributed by atoms with Crippen LogP contribution >= 0.6 is 0 Å². The molecule has 0 aliphatic rings. The van der Waals surface area contributed by atoms with Gasteiger partial charge in [0.1, 0.15) is 17.1 Å². The Morgan fingerprint density at radius 2 is 1.27 bits per heavy atom. The monoisotopic (exact) mass is 680 g/mol. The number of carbonyl (C=O) groups is 5. The molecule has 0 aliphatic heterocycles. The van der Waals surface area contributed by atoms with Crippen LogP contribution in [0.2, 0.25) is 0 Å². The molecule has 14 nitrogen and oxygen atoms in total. The smallest absolute Gasteiger partial charge is 0.475 e. The normalized spacial score (nSPS) is 11.2. The third-order valence-electron chi connectivity index (χ3n) is 6.70. The molecule has 3 rings (SSSR count). The average Bonchev–Trinajstić information content (AvgIpc) is 3.65. The second kappa shape index (κ2) is 17.2. The van der Waals surface area contributed by atoms with Gasteiger partial charge >= 0.3 is 12.1 Å². The standard InChI is InChI=1S/C29H42N8O4.C2HF3O2/c1-19(2)9-12-37-18-23(15-26(37)27(39)30-10-8-11-34(4)5)33-29(41)25-14-22(17-36(25)7)32-28(40)24-13-21(16-35(24)6)31-20(3)38;3-2(4,5)1(6)7/h13-19H,8-12H2,1-7H3,(H,30,39)(H,31,38)(H,32,40)(H,33,41);(H,6,7). The Morgan fingerprint density at radius 3 is 1.71 bits per heavy atom. The molecule has 0 radical (unpaired) electrons. The molecule has 0 bridgehead atoms. The molecule has 0 spiro atoms. The number of nitrogens with one attached hydrogen (secondary N) is 4. The van der Waals surface area contributed by atoms with E-state index in [9.17, 15) is 32.3 Å². The van der Waals surface area contributed by atoms with E-state index in [1.54, 1.807) is 60.0 Å². The molecule has 264 valence electrons. The maximum Gasteiger partial charge on any atom is 0.490 e. The predicted octanol–water partition coefficient (Wildman–Crippen LogP) is 3.99. The topological polar surface area (TPSA) is 172 Å². The number of aryl methyl sites for hydroxylation is 3. The van der Waals surface area contributed by atoms with Crippen molar-refractivity contribution in [3.63, 3.8) is 0 Å². The van der Waals surface area contributed by atoms with Crippen LogP contribution in [0.15, 0.2) is 36.8 Å². The van der Waals surface area contributed by atoms with Crippen molar-refractivity contribution in [1.82, 2.24) is 23.9 Å². The molecule has 0 fully saturated rings. The maximum absolute atomic E-state index is 13.2. The molecule has 0 aromatic carbocycles. The van der Waals surface area contributed by atoms with Crippen molar-refractivity contribution >= 4 is 46.7 Å². The average molecular weight is 681 g/mol. The second-order valence-electron chi connectivity index (χ2n) is 11.7. The SMILES string of the molecule is CC(=O)Nc1cc(C(=O)Nc2cc(C(=O)Nc3cc(C(=O)NCCCN(C)C)n(CCC(C)C)c3)n(C)c2)n(C)c1.O=C(O)C(F)(F)F. The lowest BCUT2D eigenvalue weighted by molar-refractivity contribution is -0.192. The molecule has 48 heavy (non-hydrogen) atoms. The Morgan fingerprint density at radius 1 is 0.812 bits per heavy atom. The van der Waals surface area contributed by atoms with Gasteiger partial charge in [-0.3, -0.25) is 19.2 Å². The van der Waals surface area contributed by atoms with Gasteiger partial charge in [-0.1, -0.05) is 13.8 Å². The predicted molar refractivity (Wildman–Crippen MR) is 174 cm³/mol. The molecule has 3 aromatic heterocycles. The van der Waals surface area contributed by atoms with Crippen LogP contribution in [0.1, 0.15) is 65.1 Å². The third kappa shape index (κ3) is 12.3. The first kappa shape index (κ1) is 39.1. The second-order valence-corrected chi connectivity index (χ2v) is 11.7. The molecule has 0 aliphatic carbocycles. The van der Waals surface area contributed by atoms with E-state index in [1.165, 1.54) is 6.92 Å². The van der Waals surface area contributed by atoms with E-state index in [0.29, 0.717) is 53.2 Å². The molecule has 5 N–H and O–H groups in total. The summed E-state index contributed by atoms with van der Waals surface area (Å²) in [5, 5.41) is 18.4. The first-order valence-corrected chi connectivity index (χ1v) is 14.9. The Bertz CT molecular complexity index is 1600. The van der Waals surface area contributed by atoms with E-state index in [-0.39, 0.29) is 23.6 Å². The van der Waals surface area contributed by atoms with Gasteiger partial charge in [-0.2, -0.15) is 13.2 Å². The number of carboxylic acids is 1. The zero-order chi connectivity index (χ0) is 36.3. The molecule has 0 atom stereocenters. The van der Waals surface area contributed by atoms with Gasteiger partial charge in [0.05, 0.1) is 17.1 Å². The molecule has 0 saturated carbocycles. The number of rotatable bonds is 13. The van der Waals surface area contributed by atoms with Crippen LogP contribution in [0, 0.1) is 5.92 Å². The van der Waals surface area contributed by atoms with Gasteiger partial charge in [0.15, 0.2) is 0 Å². The Hall–Kier alpha value is -5.06. The number of hydrogen-bond acceptors (Lipinski definition) is 6. The summed E-state index contributed by atoms with van der Waals surface area (Å²) in [5.41, 5.74) is 2.64. The van der Waals surface area contributed by atoms with Gasteiger partial charge in [0.25, 0.3) is 17.7 Å². The lowest BCUT2D eigenvalue weighted by Gasteiger charge is -2.12. The summed E-state index contributed by atoms with van der Waals surface area (Å²) in [6.45, 7) is 7.73. The summed E-state index contributed by atoms with van der Waals surface area (Å²) >= 11 is 0. The van der Waals surface area contributed by atoms with E-state index in [0.717, 1.165) is 19.4 Å². The highest BCUT2D eigenvalue weighted by Crippen LogP contribution is 2.21. The van der Waals surface area contributed by atoms with Crippen LogP contribution in [0.3, 0.4) is 0 Å². The van der Waals surface area contributed by atoms with Crippen LogP contribution in [0.4, 0.5) is 30.2 Å². The van der Waals surface area contributed by atoms with E-state index < -0.39 is 12.1 Å². The molecule has 17 heteroatoms. The van der Waals surface area contributed by atoms with Gasteiger partial charge in [0.2, 0.25) is 5.91 Å². The van der Waals surface area contributed by atoms with Crippen LogP contribution in [0.25, 0.3) is 0 Å². The number of halogens is 3. The number of alkyl halides is 3. The fraction of sp³-hybridized carbons (Fsp3) is 0.452. The minimum absolute atomic E-state index is 0.181. The van der Waals surface area contributed by atoms with Crippen molar-refractivity contribution < 1.29 is 42.3 Å². The Labute approximate surface area is 276 Å². The summed E-state index contributed by atoms with van der Waals surface area (Å²) < 4.78 is 36.8. The van der Waals surface area contributed by atoms with Crippen molar-refractivity contribution in [3.8, 4) is 0 Å². The zero-order valence-electron chi connectivity index (χ0n) is 28.0.